The highest BCUT2D eigenvalue weighted by atomic mass is 16.5. The Morgan fingerprint density at radius 2 is 2.18 bits per heavy atom. The first-order chi connectivity index (χ1) is 10.7. The molecule has 2 aromatic rings. The molecule has 118 valence electrons. The fourth-order valence-electron chi connectivity index (χ4n) is 2.20. The standard InChI is InChI=1S/C16H20N2O4/c1-21-11-14-9-15(18-22-14)16(20)17-10-13(7-8-19)12-5-3-2-4-6-12/h2-6,9,13,19H,7-8,10-11H2,1H3,(H,17,20). The lowest BCUT2D eigenvalue weighted by molar-refractivity contribution is 0.0939. The summed E-state index contributed by atoms with van der Waals surface area (Å²) in [7, 11) is 1.54. The second-order valence-corrected chi connectivity index (χ2v) is 4.94. The van der Waals surface area contributed by atoms with Gasteiger partial charge in [-0.1, -0.05) is 35.5 Å². The zero-order valence-electron chi connectivity index (χ0n) is 12.5. The molecule has 1 aromatic carbocycles. The van der Waals surface area contributed by atoms with Crippen molar-refractivity contribution < 1.29 is 19.2 Å². The van der Waals surface area contributed by atoms with Gasteiger partial charge in [0.25, 0.3) is 5.91 Å². The average Bonchev–Trinajstić information content (AvgIpc) is 3.01. The molecule has 6 heteroatoms. The van der Waals surface area contributed by atoms with Crippen LogP contribution in [0, 0.1) is 0 Å². The molecule has 0 fully saturated rings. The van der Waals surface area contributed by atoms with Crippen molar-refractivity contribution in [1.82, 2.24) is 10.5 Å². The maximum absolute atomic E-state index is 12.1. The minimum absolute atomic E-state index is 0.0560. The van der Waals surface area contributed by atoms with Gasteiger partial charge in [0.1, 0.15) is 6.61 Å². The molecule has 2 N–H and O–H groups in total. The number of hydrogen-bond donors (Lipinski definition) is 2. The molecule has 0 spiro atoms. The Kier molecular flexibility index (Phi) is 6.12. The van der Waals surface area contributed by atoms with Crippen LogP contribution in [0.3, 0.4) is 0 Å². The van der Waals surface area contributed by atoms with Gasteiger partial charge in [-0.2, -0.15) is 0 Å². The first-order valence-corrected chi connectivity index (χ1v) is 7.13. The Labute approximate surface area is 129 Å². The van der Waals surface area contributed by atoms with Gasteiger partial charge in [-0.3, -0.25) is 4.79 Å². The van der Waals surface area contributed by atoms with E-state index in [1.807, 2.05) is 30.3 Å². The molecule has 22 heavy (non-hydrogen) atoms. The largest absolute Gasteiger partial charge is 0.396 e. The predicted molar refractivity (Wildman–Crippen MR) is 80.4 cm³/mol. The second kappa shape index (κ2) is 8.31. The van der Waals surface area contributed by atoms with Gasteiger partial charge < -0.3 is 19.7 Å². The SMILES string of the molecule is COCc1cc(C(=O)NCC(CCO)c2ccccc2)no1. The molecular formula is C16H20N2O4. The number of benzene rings is 1. The summed E-state index contributed by atoms with van der Waals surface area (Å²) in [6, 6.07) is 11.3. The number of methoxy groups -OCH3 is 1. The Bertz CT molecular complexity index is 583. The predicted octanol–water partition coefficient (Wildman–Crippen LogP) is 1.72. The molecule has 1 atom stereocenters. The number of aliphatic hydroxyl groups is 1. The first-order valence-electron chi connectivity index (χ1n) is 7.13. The van der Waals surface area contributed by atoms with Crippen molar-refractivity contribution in [2.45, 2.75) is 18.9 Å². The van der Waals surface area contributed by atoms with E-state index in [1.165, 1.54) is 0 Å². The van der Waals surface area contributed by atoms with Crippen LogP contribution in [0.4, 0.5) is 0 Å². The van der Waals surface area contributed by atoms with E-state index in [-0.39, 0.29) is 30.7 Å². The van der Waals surface area contributed by atoms with Crippen molar-refractivity contribution in [1.29, 1.82) is 0 Å². The summed E-state index contributed by atoms with van der Waals surface area (Å²) in [6.45, 7) is 0.769. The summed E-state index contributed by atoms with van der Waals surface area (Å²) < 4.78 is 9.90. The fourth-order valence-corrected chi connectivity index (χ4v) is 2.20. The highest BCUT2D eigenvalue weighted by Crippen LogP contribution is 2.18. The van der Waals surface area contributed by atoms with Gasteiger partial charge in [0.15, 0.2) is 11.5 Å². The summed E-state index contributed by atoms with van der Waals surface area (Å²) in [5, 5.41) is 15.7. The van der Waals surface area contributed by atoms with Crippen molar-refractivity contribution in [3.8, 4) is 0 Å². The number of ether oxygens (including phenoxy) is 1. The molecule has 0 bridgehead atoms. The molecule has 0 aliphatic rings. The zero-order valence-corrected chi connectivity index (χ0v) is 12.5. The number of hydrogen-bond acceptors (Lipinski definition) is 5. The average molecular weight is 304 g/mol. The molecule has 2 rings (SSSR count). The third-order valence-electron chi connectivity index (χ3n) is 3.34. The maximum atomic E-state index is 12.1. The number of aliphatic hydroxyl groups excluding tert-OH is 1. The molecule has 0 saturated heterocycles. The molecule has 0 aliphatic heterocycles. The molecule has 1 aromatic heterocycles. The van der Waals surface area contributed by atoms with E-state index in [9.17, 15) is 9.90 Å². The monoisotopic (exact) mass is 304 g/mol. The number of aromatic nitrogens is 1. The van der Waals surface area contributed by atoms with Gasteiger partial charge in [0.05, 0.1) is 0 Å². The van der Waals surface area contributed by atoms with Crippen LogP contribution in [-0.2, 0) is 11.3 Å². The summed E-state index contributed by atoms with van der Waals surface area (Å²) in [6.07, 6.45) is 0.581. The van der Waals surface area contributed by atoms with Crippen LogP contribution in [-0.4, -0.2) is 36.4 Å². The van der Waals surface area contributed by atoms with Crippen LogP contribution in [0.5, 0.6) is 0 Å². The normalized spacial score (nSPS) is 12.1. The molecule has 1 unspecified atom stereocenters. The zero-order chi connectivity index (χ0) is 15.8. The molecule has 6 nitrogen and oxygen atoms in total. The van der Waals surface area contributed by atoms with E-state index in [4.69, 9.17) is 9.26 Å². The van der Waals surface area contributed by atoms with Crippen LogP contribution < -0.4 is 5.32 Å². The van der Waals surface area contributed by atoms with E-state index < -0.39 is 0 Å². The van der Waals surface area contributed by atoms with Crippen molar-refractivity contribution in [2.75, 3.05) is 20.3 Å². The topological polar surface area (TPSA) is 84.6 Å². The van der Waals surface area contributed by atoms with E-state index in [0.29, 0.717) is 18.7 Å². The maximum Gasteiger partial charge on any atom is 0.273 e. The molecule has 1 amide bonds. The van der Waals surface area contributed by atoms with Crippen molar-refractivity contribution >= 4 is 5.91 Å². The Morgan fingerprint density at radius 1 is 1.41 bits per heavy atom. The van der Waals surface area contributed by atoms with E-state index >= 15 is 0 Å². The number of carbonyl (C=O) groups excluding carboxylic acids is 1. The highest BCUT2D eigenvalue weighted by Gasteiger charge is 2.16. The number of nitrogens with zero attached hydrogens (tertiary/aromatic N) is 1. The molecule has 0 saturated carbocycles. The lowest BCUT2D eigenvalue weighted by atomic mass is 9.96. The van der Waals surface area contributed by atoms with Gasteiger partial charge in [-0.05, 0) is 12.0 Å². The van der Waals surface area contributed by atoms with Crippen LogP contribution in [0.25, 0.3) is 0 Å². The van der Waals surface area contributed by atoms with E-state index in [2.05, 4.69) is 10.5 Å². The lowest BCUT2D eigenvalue weighted by Crippen LogP contribution is -2.29. The number of rotatable bonds is 8. The highest BCUT2D eigenvalue weighted by molar-refractivity contribution is 5.92. The van der Waals surface area contributed by atoms with Gasteiger partial charge in [-0.15, -0.1) is 0 Å². The second-order valence-electron chi connectivity index (χ2n) is 4.94. The number of carbonyl (C=O) groups is 1. The smallest absolute Gasteiger partial charge is 0.273 e. The summed E-state index contributed by atoms with van der Waals surface area (Å²) in [4.78, 5) is 12.1. The minimum atomic E-state index is -0.301. The molecule has 1 heterocycles. The van der Waals surface area contributed by atoms with Crippen molar-refractivity contribution in [3.63, 3.8) is 0 Å². The Hall–Kier alpha value is -2.18. The van der Waals surface area contributed by atoms with Crippen LogP contribution in [0.15, 0.2) is 40.9 Å². The van der Waals surface area contributed by atoms with Crippen molar-refractivity contribution in [2.24, 2.45) is 0 Å². The van der Waals surface area contributed by atoms with Crippen LogP contribution in [0.2, 0.25) is 0 Å². The Balaban J connectivity index is 1.95. The molecule has 0 radical (unpaired) electrons. The van der Waals surface area contributed by atoms with Crippen molar-refractivity contribution in [3.05, 3.63) is 53.4 Å². The number of nitrogens with one attached hydrogen (secondary N) is 1. The minimum Gasteiger partial charge on any atom is -0.396 e. The third kappa shape index (κ3) is 4.41. The summed E-state index contributed by atoms with van der Waals surface area (Å²) in [5.74, 6) is 0.257. The quantitative estimate of drug-likeness (QED) is 0.775. The van der Waals surface area contributed by atoms with E-state index in [1.54, 1.807) is 13.2 Å². The summed E-state index contributed by atoms with van der Waals surface area (Å²) >= 11 is 0. The van der Waals surface area contributed by atoms with Gasteiger partial charge >= 0.3 is 0 Å². The molecule has 0 aliphatic carbocycles. The van der Waals surface area contributed by atoms with Gasteiger partial charge in [0.2, 0.25) is 0 Å². The van der Waals surface area contributed by atoms with Gasteiger partial charge in [0, 0.05) is 32.2 Å². The van der Waals surface area contributed by atoms with Gasteiger partial charge in [-0.25, -0.2) is 0 Å². The number of amides is 1. The van der Waals surface area contributed by atoms with Crippen LogP contribution in [0.1, 0.15) is 34.2 Å². The fraction of sp³-hybridized carbons (Fsp3) is 0.375. The lowest BCUT2D eigenvalue weighted by Gasteiger charge is -2.16. The van der Waals surface area contributed by atoms with Crippen LogP contribution >= 0.6 is 0 Å². The summed E-state index contributed by atoms with van der Waals surface area (Å²) in [5.41, 5.74) is 1.31. The van der Waals surface area contributed by atoms with E-state index in [0.717, 1.165) is 5.56 Å². The Morgan fingerprint density at radius 3 is 2.86 bits per heavy atom. The first kappa shape index (κ1) is 16.2. The molecular weight excluding hydrogens is 284 g/mol. The third-order valence-corrected chi connectivity index (χ3v) is 3.34.